The molecule has 1 aromatic carbocycles. The molecular weight excluding hydrogens is 257 g/mol. The van der Waals surface area contributed by atoms with Crippen molar-refractivity contribution < 1.29 is 4.39 Å². The number of hydrogen-bond donors (Lipinski definition) is 1. The standard InChI is InChI=1S/C13H17ClFNS/c1-16-13(10-4-5-17-8-10)6-9-2-3-11(14)7-12(9)15/h2-3,7,10,13,16H,4-6,8H2,1H3. The summed E-state index contributed by atoms with van der Waals surface area (Å²) in [6.45, 7) is 0. The highest BCUT2D eigenvalue weighted by Crippen LogP contribution is 2.28. The molecular formula is C13H17ClFNS. The van der Waals surface area contributed by atoms with Gasteiger partial charge in [-0.2, -0.15) is 11.8 Å². The van der Waals surface area contributed by atoms with Gasteiger partial charge in [0.2, 0.25) is 0 Å². The minimum atomic E-state index is -0.191. The predicted molar refractivity (Wildman–Crippen MR) is 73.4 cm³/mol. The number of benzene rings is 1. The van der Waals surface area contributed by atoms with E-state index in [1.54, 1.807) is 12.1 Å². The van der Waals surface area contributed by atoms with Crippen LogP contribution in [-0.2, 0) is 6.42 Å². The third-order valence-electron chi connectivity index (χ3n) is 3.36. The van der Waals surface area contributed by atoms with E-state index in [0.29, 0.717) is 17.0 Å². The second kappa shape index (κ2) is 6.07. The van der Waals surface area contributed by atoms with Crippen molar-refractivity contribution in [2.45, 2.75) is 18.9 Å². The van der Waals surface area contributed by atoms with Crippen LogP contribution < -0.4 is 5.32 Å². The van der Waals surface area contributed by atoms with Crippen LogP contribution in [0.15, 0.2) is 18.2 Å². The SMILES string of the molecule is CNC(Cc1ccc(Cl)cc1F)C1CCSC1. The predicted octanol–water partition coefficient (Wildman–Crippen LogP) is 3.36. The molecule has 2 unspecified atom stereocenters. The molecule has 4 heteroatoms. The number of rotatable bonds is 4. The van der Waals surface area contributed by atoms with Crippen molar-refractivity contribution in [2.24, 2.45) is 5.92 Å². The van der Waals surface area contributed by atoms with Gasteiger partial charge in [-0.3, -0.25) is 0 Å². The smallest absolute Gasteiger partial charge is 0.127 e. The maximum atomic E-state index is 13.7. The zero-order valence-electron chi connectivity index (χ0n) is 9.88. The van der Waals surface area contributed by atoms with Gasteiger partial charge < -0.3 is 5.32 Å². The second-order valence-corrected chi connectivity index (χ2v) is 6.04. The average Bonchev–Trinajstić information content (AvgIpc) is 2.81. The summed E-state index contributed by atoms with van der Waals surface area (Å²) in [5.41, 5.74) is 0.755. The van der Waals surface area contributed by atoms with Crippen molar-refractivity contribution in [3.05, 3.63) is 34.6 Å². The van der Waals surface area contributed by atoms with E-state index in [-0.39, 0.29) is 5.82 Å². The third kappa shape index (κ3) is 3.36. The molecule has 0 spiro atoms. The van der Waals surface area contributed by atoms with Crippen LogP contribution in [0.2, 0.25) is 5.02 Å². The summed E-state index contributed by atoms with van der Waals surface area (Å²) in [5, 5.41) is 3.78. The van der Waals surface area contributed by atoms with Crippen LogP contribution in [0, 0.1) is 11.7 Å². The van der Waals surface area contributed by atoms with Crippen LogP contribution >= 0.6 is 23.4 Å². The molecule has 1 aromatic rings. The first-order valence-corrected chi connectivity index (χ1v) is 7.43. The highest BCUT2D eigenvalue weighted by molar-refractivity contribution is 7.99. The fourth-order valence-electron chi connectivity index (χ4n) is 2.30. The van der Waals surface area contributed by atoms with Gasteiger partial charge in [0.15, 0.2) is 0 Å². The van der Waals surface area contributed by atoms with Crippen LogP contribution in [0.5, 0.6) is 0 Å². The highest BCUT2D eigenvalue weighted by atomic mass is 35.5. The minimum Gasteiger partial charge on any atom is -0.316 e. The number of thioether (sulfide) groups is 1. The van der Waals surface area contributed by atoms with Gasteiger partial charge in [0.25, 0.3) is 0 Å². The Morgan fingerprint density at radius 3 is 3.00 bits per heavy atom. The van der Waals surface area contributed by atoms with Gasteiger partial charge in [-0.25, -0.2) is 4.39 Å². The fourth-order valence-corrected chi connectivity index (χ4v) is 3.80. The molecule has 0 aromatic heterocycles. The van der Waals surface area contributed by atoms with Crippen molar-refractivity contribution in [1.82, 2.24) is 5.32 Å². The first kappa shape index (κ1) is 13.2. The number of nitrogens with one attached hydrogen (secondary N) is 1. The van der Waals surface area contributed by atoms with Crippen LogP contribution in [-0.4, -0.2) is 24.6 Å². The summed E-state index contributed by atoms with van der Waals surface area (Å²) < 4.78 is 13.7. The Labute approximate surface area is 111 Å². The van der Waals surface area contributed by atoms with E-state index in [0.717, 1.165) is 12.0 Å². The summed E-state index contributed by atoms with van der Waals surface area (Å²) in [6, 6.07) is 5.31. The summed E-state index contributed by atoms with van der Waals surface area (Å²) in [5.74, 6) is 2.87. The zero-order valence-corrected chi connectivity index (χ0v) is 11.5. The van der Waals surface area contributed by atoms with E-state index in [1.807, 2.05) is 18.8 Å². The molecule has 17 heavy (non-hydrogen) atoms. The minimum absolute atomic E-state index is 0.191. The van der Waals surface area contributed by atoms with Crippen molar-refractivity contribution >= 4 is 23.4 Å². The lowest BCUT2D eigenvalue weighted by atomic mass is 9.93. The lowest BCUT2D eigenvalue weighted by molar-refractivity contribution is 0.399. The van der Waals surface area contributed by atoms with Gasteiger partial charge in [-0.15, -0.1) is 0 Å². The Kier molecular flexibility index (Phi) is 4.71. The molecule has 1 fully saturated rings. The molecule has 0 radical (unpaired) electrons. The Bertz CT molecular complexity index is 380. The summed E-state index contributed by atoms with van der Waals surface area (Å²) in [4.78, 5) is 0. The molecule has 2 atom stereocenters. The Morgan fingerprint density at radius 2 is 2.41 bits per heavy atom. The highest BCUT2D eigenvalue weighted by Gasteiger charge is 2.25. The van der Waals surface area contributed by atoms with Crippen LogP contribution in [0.4, 0.5) is 4.39 Å². The number of halogens is 2. The molecule has 1 aliphatic rings. The van der Waals surface area contributed by atoms with Gasteiger partial charge >= 0.3 is 0 Å². The lowest BCUT2D eigenvalue weighted by Gasteiger charge is -2.22. The topological polar surface area (TPSA) is 12.0 Å². The second-order valence-electron chi connectivity index (χ2n) is 4.46. The van der Waals surface area contributed by atoms with E-state index >= 15 is 0 Å². The molecule has 94 valence electrons. The third-order valence-corrected chi connectivity index (χ3v) is 4.78. The molecule has 0 saturated carbocycles. The van der Waals surface area contributed by atoms with E-state index in [1.165, 1.54) is 24.0 Å². The Morgan fingerprint density at radius 1 is 1.59 bits per heavy atom. The molecule has 0 amide bonds. The van der Waals surface area contributed by atoms with Crippen molar-refractivity contribution in [3.63, 3.8) is 0 Å². The largest absolute Gasteiger partial charge is 0.316 e. The monoisotopic (exact) mass is 273 g/mol. The molecule has 2 rings (SSSR count). The first-order chi connectivity index (χ1) is 8.20. The fraction of sp³-hybridized carbons (Fsp3) is 0.538. The number of hydrogen-bond acceptors (Lipinski definition) is 2. The van der Waals surface area contributed by atoms with Gasteiger partial charge in [-0.1, -0.05) is 17.7 Å². The van der Waals surface area contributed by atoms with Gasteiger partial charge in [0.05, 0.1) is 0 Å². The van der Waals surface area contributed by atoms with Crippen molar-refractivity contribution in [2.75, 3.05) is 18.6 Å². The van der Waals surface area contributed by atoms with Gasteiger partial charge in [-0.05, 0) is 55.0 Å². The van der Waals surface area contributed by atoms with Crippen molar-refractivity contribution in [1.29, 1.82) is 0 Å². The lowest BCUT2D eigenvalue weighted by Crippen LogP contribution is -2.35. The van der Waals surface area contributed by atoms with E-state index in [4.69, 9.17) is 11.6 Å². The Balaban J connectivity index is 2.06. The zero-order chi connectivity index (χ0) is 12.3. The average molecular weight is 274 g/mol. The molecule has 1 heterocycles. The molecule has 0 aliphatic carbocycles. The van der Waals surface area contributed by atoms with Crippen LogP contribution in [0.1, 0.15) is 12.0 Å². The van der Waals surface area contributed by atoms with Crippen LogP contribution in [0.3, 0.4) is 0 Å². The van der Waals surface area contributed by atoms with Gasteiger partial charge in [0.1, 0.15) is 5.82 Å². The van der Waals surface area contributed by atoms with Crippen molar-refractivity contribution in [3.8, 4) is 0 Å². The summed E-state index contributed by atoms with van der Waals surface area (Å²) >= 11 is 7.74. The molecule has 0 bridgehead atoms. The molecule has 1 saturated heterocycles. The van der Waals surface area contributed by atoms with Gasteiger partial charge in [0, 0.05) is 11.1 Å². The maximum absolute atomic E-state index is 13.7. The quantitative estimate of drug-likeness (QED) is 0.903. The molecule has 1 nitrogen and oxygen atoms in total. The van der Waals surface area contributed by atoms with Crippen LogP contribution in [0.25, 0.3) is 0 Å². The first-order valence-electron chi connectivity index (χ1n) is 5.89. The molecule has 1 N–H and O–H groups in total. The maximum Gasteiger partial charge on any atom is 0.127 e. The number of likely N-dealkylation sites (N-methyl/N-ethyl adjacent to an activating group) is 1. The van der Waals surface area contributed by atoms with E-state index in [2.05, 4.69) is 5.32 Å². The van der Waals surface area contributed by atoms with E-state index in [9.17, 15) is 4.39 Å². The Hall–Kier alpha value is -0.250. The summed E-state index contributed by atoms with van der Waals surface area (Å²) in [6.07, 6.45) is 1.97. The van der Waals surface area contributed by atoms with E-state index < -0.39 is 0 Å². The summed E-state index contributed by atoms with van der Waals surface area (Å²) in [7, 11) is 1.96. The molecule has 1 aliphatic heterocycles. The normalized spacial score (nSPS) is 21.7.